The van der Waals surface area contributed by atoms with Gasteiger partial charge in [0, 0.05) is 24.7 Å². The highest BCUT2D eigenvalue weighted by Gasteiger charge is 2.12. The summed E-state index contributed by atoms with van der Waals surface area (Å²) in [5.41, 5.74) is 1.25. The molecule has 1 aromatic heterocycles. The third-order valence-corrected chi connectivity index (χ3v) is 4.87. The third kappa shape index (κ3) is 3.24. The van der Waals surface area contributed by atoms with Gasteiger partial charge in [-0.15, -0.1) is 0 Å². The zero-order valence-electron chi connectivity index (χ0n) is 13.8. The molecular weight excluding hydrogens is 358 g/mol. The number of hydrogen-bond acceptors (Lipinski definition) is 6. The number of nitro benzene ring substituents is 1. The number of esters is 1. The SMILES string of the molecule is COC(=O)c1ccc(C(=O)N=c2sc3ccc([N+](=O)[O-])cc3n2C)cc1. The van der Waals surface area contributed by atoms with Crippen LogP contribution in [0.15, 0.2) is 47.5 Å². The van der Waals surface area contributed by atoms with Crippen molar-refractivity contribution in [2.24, 2.45) is 12.0 Å². The number of thiazole rings is 1. The standard InChI is InChI=1S/C17H13N3O5S/c1-19-13-9-12(20(23)24)7-8-14(13)26-17(19)18-15(21)10-3-5-11(6-4-10)16(22)25-2/h3-9H,1-2H3. The molecule has 26 heavy (non-hydrogen) atoms. The Morgan fingerprint density at radius 2 is 1.81 bits per heavy atom. The number of aromatic nitrogens is 1. The van der Waals surface area contributed by atoms with E-state index in [4.69, 9.17) is 0 Å². The van der Waals surface area contributed by atoms with E-state index in [9.17, 15) is 19.7 Å². The fourth-order valence-electron chi connectivity index (χ4n) is 2.35. The van der Waals surface area contributed by atoms with Crippen LogP contribution in [0.1, 0.15) is 20.7 Å². The Morgan fingerprint density at radius 1 is 1.15 bits per heavy atom. The van der Waals surface area contributed by atoms with Gasteiger partial charge < -0.3 is 9.30 Å². The first-order chi connectivity index (χ1) is 12.4. The number of non-ortho nitro benzene ring substituents is 1. The summed E-state index contributed by atoms with van der Waals surface area (Å²) in [6.45, 7) is 0. The number of carbonyl (C=O) groups is 2. The number of fused-ring (bicyclic) bond motifs is 1. The lowest BCUT2D eigenvalue weighted by atomic mass is 10.1. The van der Waals surface area contributed by atoms with Crippen molar-refractivity contribution in [2.45, 2.75) is 0 Å². The van der Waals surface area contributed by atoms with Crippen molar-refractivity contribution in [3.8, 4) is 0 Å². The molecule has 9 heteroatoms. The Balaban J connectivity index is 1.98. The van der Waals surface area contributed by atoms with E-state index in [2.05, 4.69) is 9.73 Å². The van der Waals surface area contributed by atoms with E-state index in [0.29, 0.717) is 21.4 Å². The number of rotatable bonds is 3. The smallest absolute Gasteiger partial charge is 0.337 e. The van der Waals surface area contributed by atoms with E-state index in [0.717, 1.165) is 4.70 Å². The van der Waals surface area contributed by atoms with Gasteiger partial charge in [0.15, 0.2) is 4.80 Å². The number of amides is 1. The molecule has 1 heterocycles. The van der Waals surface area contributed by atoms with Gasteiger partial charge in [-0.1, -0.05) is 11.3 Å². The van der Waals surface area contributed by atoms with Crippen molar-refractivity contribution < 1.29 is 19.2 Å². The Bertz CT molecular complexity index is 1100. The Labute approximate surface area is 151 Å². The van der Waals surface area contributed by atoms with Crippen LogP contribution >= 0.6 is 11.3 Å². The summed E-state index contributed by atoms with van der Waals surface area (Å²) in [4.78, 5) is 38.7. The molecule has 2 aromatic carbocycles. The second-order valence-electron chi connectivity index (χ2n) is 5.34. The van der Waals surface area contributed by atoms with Crippen LogP contribution in [0.3, 0.4) is 0 Å². The molecule has 0 N–H and O–H groups in total. The monoisotopic (exact) mass is 371 g/mol. The van der Waals surface area contributed by atoms with E-state index < -0.39 is 16.8 Å². The number of benzene rings is 2. The van der Waals surface area contributed by atoms with Crippen LogP contribution < -0.4 is 4.80 Å². The molecule has 0 saturated carbocycles. The average Bonchev–Trinajstić information content (AvgIpc) is 2.96. The number of methoxy groups -OCH3 is 1. The Morgan fingerprint density at radius 3 is 2.42 bits per heavy atom. The quantitative estimate of drug-likeness (QED) is 0.400. The van der Waals surface area contributed by atoms with Gasteiger partial charge in [-0.2, -0.15) is 4.99 Å². The van der Waals surface area contributed by atoms with Crippen molar-refractivity contribution in [1.29, 1.82) is 0 Å². The molecule has 0 radical (unpaired) electrons. The second kappa shape index (κ2) is 6.89. The van der Waals surface area contributed by atoms with Crippen LogP contribution in [-0.2, 0) is 11.8 Å². The summed E-state index contributed by atoms with van der Waals surface area (Å²) in [6.07, 6.45) is 0. The summed E-state index contributed by atoms with van der Waals surface area (Å²) < 4.78 is 7.03. The van der Waals surface area contributed by atoms with Gasteiger partial charge in [0.1, 0.15) is 0 Å². The van der Waals surface area contributed by atoms with Gasteiger partial charge in [0.25, 0.3) is 11.6 Å². The fraction of sp³-hybridized carbons (Fsp3) is 0.118. The van der Waals surface area contributed by atoms with Crippen molar-refractivity contribution >= 4 is 39.1 Å². The number of nitrogens with zero attached hydrogens (tertiary/aromatic N) is 3. The third-order valence-electron chi connectivity index (χ3n) is 3.75. The largest absolute Gasteiger partial charge is 0.465 e. The first kappa shape index (κ1) is 17.5. The highest BCUT2D eigenvalue weighted by molar-refractivity contribution is 7.16. The molecule has 0 aliphatic heterocycles. The zero-order chi connectivity index (χ0) is 18.8. The molecule has 0 aliphatic rings. The van der Waals surface area contributed by atoms with Gasteiger partial charge in [-0.05, 0) is 30.3 Å². The van der Waals surface area contributed by atoms with Gasteiger partial charge in [-0.25, -0.2) is 4.79 Å². The van der Waals surface area contributed by atoms with Gasteiger partial charge >= 0.3 is 5.97 Å². The first-order valence-electron chi connectivity index (χ1n) is 7.42. The van der Waals surface area contributed by atoms with Crippen LogP contribution in [0.4, 0.5) is 5.69 Å². The topological polar surface area (TPSA) is 104 Å². The number of ether oxygens (including phenoxy) is 1. The minimum absolute atomic E-state index is 0.0258. The normalized spacial score (nSPS) is 11.5. The van der Waals surface area contributed by atoms with Crippen LogP contribution in [0.25, 0.3) is 10.2 Å². The fourth-order valence-corrected chi connectivity index (χ4v) is 3.35. The molecule has 3 rings (SSSR count). The molecule has 3 aromatic rings. The Kier molecular flexibility index (Phi) is 4.63. The number of hydrogen-bond donors (Lipinski definition) is 0. The van der Waals surface area contributed by atoms with E-state index in [1.165, 1.54) is 54.8 Å². The lowest BCUT2D eigenvalue weighted by molar-refractivity contribution is -0.384. The molecule has 0 spiro atoms. The lowest BCUT2D eigenvalue weighted by Crippen LogP contribution is -2.13. The van der Waals surface area contributed by atoms with Crippen LogP contribution in [0.2, 0.25) is 0 Å². The van der Waals surface area contributed by atoms with E-state index in [-0.39, 0.29) is 5.69 Å². The number of nitro groups is 1. The summed E-state index contributed by atoms with van der Waals surface area (Å²) >= 11 is 1.26. The van der Waals surface area contributed by atoms with Crippen molar-refractivity contribution in [2.75, 3.05) is 7.11 Å². The minimum Gasteiger partial charge on any atom is -0.465 e. The maximum Gasteiger partial charge on any atom is 0.337 e. The highest BCUT2D eigenvalue weighted by atomic mass is 32.1. The summed E-state index contributed by atoms with van der Waals surface area (Å²) in [5, 5.41) is 10.9. The molecule has 0 saturated heterocycles. The van der Waals surface area contributed by atoms with E-state index >= 15 is 0 Å². The average molecular weight is 371 g/mol. The van der Waals surface area contributed by atoms with Gasteiger partial charge in [0.05, 0.1) is 27.8 Å². The van der Waals surface area contributed by atoms with Crippen molar-refractivity contribution in [3.63, 3.8) is 0 Å². The summed E-state index contributed by atoms with van der Waals surface area (Å²) in [5.74, 6) is -0.962. The molecular formula is C17H13N3O5S. The lowest BCUT2D eigenvalue weighted by Gasteiger charge is -2.00. The molecule has 0 aliphatic carbocycles. The molecule has 0 bridgehead atoms. The second-order valence-corrected chi connectivity index (χ2v) is 6.35. The molecule has 0 atom stereocenters. The zero-order valence-corrected chi connectivity index (χ0v) is 14.6. The van der Waals surface area contributed by atoms with Crippen LogP contribution in [0, 0.1) is 10.1 Å². The number of carbonyl (C=O) groups excluding carboxylic acids is 2. The molecule has 0 unspecified atom stereocenters. The summed E-state index contributed by atoms with van der Waals surface area (Å²) in [7, 11) is 2.97. The van der Waals surface area contributed by atoms with E-state index in [1.807, 2.05) is 0 Å². The molecule has 8 nitrogen and oxygen atoms in total. The van der Waals surface area contributed by atoms with Gasteiger partial charge in [-0.3, -0.25) is 14.9 Å². The molecule has 0 fully saturated rings. The van der Waals surface area contributed by atoms with Crippen LogP contribution in [-0.4, -0.2) is 28.5 Å². The predicted octanol–water partition coefficient (Wildman–Crippen LogP) is 2.68. The maximum atomic E-state index is 12.4. The number of aryl methyl sites for hydroxylation is 1. The van der Waals surface area contributed by atoms with Crippen molar-refractivity contribution in [1.82, 2.24) is 4.57 Å². The van der Waals surface area contributed by atoms with Crippen LogP contribution in [0.5, 0.6) is 0 Å². The minimum atomic E-state index is -0.488. The first-order valence-corrected chi connectivity index (χ1v) is 8.24. The molecule has 132 valence electrons. The Hall–Kier alpha value is -3.33. The van der Waals surface area contributed by atoms with E-state index in [1.54, 1.807) is 17.7 Å². The summed E-state index contributed by atoms with van der Waals surface area (Å²) in [6, 6.07) is 10.5. The molecule has 1 amide bonds. The predicted molar refractivity (Wildman–Crippen MR) is 95.1 cm³/mol. The van der Waals surface area contributed by atoms with Crippen molar-refractivity contribution in [3.05, 3.63) is 68.5 Å². The highest BCUT2D eigenvalue weighted by Crippen LogP contribution is 2.22. The maximum absolute atomic E-state index is 12.4. The van der Waals surface area contributed by atoms with Gasteiger partial charge in [0.2, 0.25) is 0 Å².